The SMILES string of the molecule is O=C(c1[nH]ccc1Br)C(Cl)(Cl)Cl. The highest BCUT2D eigenvalue weighted by Gasteiger charge is 2.33. The van der Waals surface area contributed by atoms with Gasteiger partial charge in [0.25, 0.3) is 3.79 Å². The first-order valence-electron chi connectivity index (χ1n) is 2.87. The third kappa shape index (κ3) is 2.16. The molecule has 0 radical (unpaired) electrons. The number of ketones is 1. The van der Waals surface area contributed by atoms with Crippen molar-refractivity contribution < 1.29 is 4.79 Å². The Morgan fingerprint density at radius 1 is 1.50 bits per heavy atom. The molecule has 0 aromatic carbocycles. The molecular formula is C6H3BrCl3NO. The minimum absolute atomic E-state index is 0.259. The Labute approximate surface area is 92.3 Å². The summed E-state index contributed by atoms with van der Waals surface area (Å²) in [6.07, 6.45) is 1.58. The van der Waals surface area contributed by atoms with Gasteiger partial charge in [-0.25, -0.2) is 0 Å². The summed E-state index contributed by atoms with van der Waals surface area (Å²) >= 11 is 19.3. The number of rotatable bonds is 1. The highest BCUT2D eigenvalue weighted by atomic mass is 79.9. The van der Waals surface area contributed by atoms with E-state index < -0.39 is 9.58 Å². The number of carbonyl (C=O) groups is 1. The van der Waals surface area contributed by atoms with Crippen molar-refractivity contribution >= 4 is 56.5 Å². The predicted molar refractivity (Wildman–Crippen MR) is 53.1 cm³/mol. The molecule has 0 unspecified atom stereocenters. The number of alkyl halides is 3. The normalized spacial score (nSPS) is 11.7. The van der Waals surface area contributed by atoms with Gasteiger partial charge >= 0.3 is 0 Å². The summed E-state index contributed by atoms with van der Waals surface area (Å²) in [6.45, 7) is 0. The smallest absolute Gasteiger partial charge is 0.255 e. The molecule has 2 nitrogen and oxygen atoms in total. The van der Waals surface area contributed by atoms with E-state index in [1.54, 1.807) is 12.3 Å². The van der Waals surface area contributed by atoms with Crippen LogP contribution in [0.2, 0.25) is 0 Å². The van der Waals surface area contributed by atoms with Crippen LogP contribution >= 0.6 is 50.7 Å². The highest BCUT2D eigenvalue weighted by Crippen LogP contribution is 2.32. The van der Waals surface area contributed by atoms with Gasteiger partial charge in [-0.15, -0.1) is 0 Å². The summed E-state index contributed by atoms with van der Waals surface area (Å²) < 4.78 is -1.33. The molecule has 1 aromatic heterocycles. The Kier molecular flexibility index (Phi) is 3.10. The van der Waals surface area contributed by atoms with Crippen LogP contribution in [-0.4, -0.2) is 14.6 Å². The number of nitrogens with one attached hydrogen (secondary N) is 1. The molecule has 1 aromatic rings. The minimum Gasteiger partial charge on any atom is -0.358 e. The number of hydrogen-bond acceptors (Lipinski definition) is 1. The van der Waals surface area contributed by atoms with E-state index in [2.05, 4.69) is 20.9 Å². The standard InChI is InChI=1S/C6H3BrCl3NO/c7-3-1-2-11-4(3)5(12)6(8,9)10/h1-2,11H. The summed E-state index contributed by atoms with van der Waals surface area (Å²) in [4.78, 5) is 14.0. The first-order valence-corrected chi connectivity index (χ1v) is 4.80. The van der Waals surface area contributed by atoms with Crippen LogP contribution < -0.4 is 0 Å². The van der Waals surface area contributed by atoms with Gasteiger partial charge in [0.2, 0.25) is 5.78 Å². The Hall–Kier alpha value is 0.300. The average Bonchev–Trinajstić information content (AvgIpc) is 2.31. The van der Waals surface area contributed by atoms with Gasteiger partial charge in [-0.05, 0) is 22.0 Å². The fraction of sp³-hybridized carbons (Fsp3) is 0.167. The van der Waals surface area contributed by atoms with Crippen molar-refractivity contribution in [1.82, 2.24) is 4.98 Å². The molecular weight excluding hydrogens is 288 g/mol. The maximum absolute atomic E-state index is 11.3. The summed E-state index contributed by atoms with van der Waals surface area (Å²) in [5.74, 6) is -0.579. The van der Waals surface area contributed by atoms with E-state index in [1.807, 2.05) is 0 Å². The van der Waals surface area contributed by atoms with E-state index >= 15 is 0 Å². The first-order chi connectivity index (χ1) is 5.43. The summed E-state index contributed by atoms with van der Waals surface area (Å²) in [7, 11) is 0. The van der Waals surface area contributed by atoms with Crippen LogP contribution in [0.3, 0.4) is 0 Å². The van der Waals surface area contributed by atoms with Gasteiger partial charge in [-0.3, -0.25) is 4.79 Å². The van der Waals surface area contributed by atoms with Gasteiger partial charge in [-0.2, -0.15) is 0 Å². The lowest BCUT2D eigenvalue weighted by Crippen LogP contribution is -2.19. The largest absolute Gasteiger partial charge is 0.358 e. The predicted octanol–water partition coefficient (Wildman–Crippen LogP) is 3.33. The molecule has 0 saturated carbocycles. The highest BCUT2D eigenvalue weighted by molar-refractivity contribution is 9.10. The zero-order chi connectivity index (χ0) is 9.35. The van der Waals surface area contributed by atoms with Crippen LogP contribution in [0.1, 0.15) is 10.5 Å². The summed E-state index contributed by atoms with van der Waals surface area (Å²) in [5.41, 5.74) is 0.259. The molecule has 1 heterocycles. The lowest BCUT2D eigenvalue weighted by molar-refractivity contribution is 0.0991. The summed E-state index contributed by atoms with van der Waals surface area (Å²) in [6, 6.07) is 1.66. The quantitative estimate of drug-likeness (QED) is 0.625. The summed E-state index contributed by atoms with van der Waals surface area (Å²) in [5, 5.41) is 0. The molecule has 6 heteroatoms. The number of carbonyl (C=O) groups excluding carboxylic acids is 1. The maximum Gasteiger partial charge on any atom is 0.255 e. The zero-order valence-electron chi connectivity index (χ0n) is 5.57. The second-order valence-corrected chi connectivity index (χ2v) is 5.16. The number of halogens is 4. The number of aromatic amines is 1. The monoisotopic (exact) mass is 289 g/mol. The second kappa shape index (κ2) is 3.58. The number of aromatic nitrogens is 1. The van der Waals surface area contributed by atoms with Gasteiger partial charge in [0.05, 0.1) is 0 Å². The van der Waals surface area contributed by atoms with Crippen molar-refractivity contribution in [3.63, 3.8) is 0 Å². The second-order valence-electron chi connectivity index (χ2n) is 2.03. The molecule has 1 rings (SSSR count). The van der Waals surface area contributed by atoms with Crippen LogP contribution in [0.5, 0.6) is 0 Å². The molecule has 0 amide bonds. The maximum atomic E-state index is 11.3. The molecule has 0 fully saturated rings. The topological polar surface area (TPSA) is 32.9 Å². The van der Waals surface area contributed by atoms with Gasteiger partial charge < -0.3 is 4.98 Å². The fourth-order valence-electron chi connectivity index (χ4n) is 0.666. The van der Waals surface area contributed by atoms with E-state index in [9.17, 15) is 4.79 Å². The molecule has 1 N–H and O–H groups in total. The van der Waals surface area contributed by atoms with Crippen molar-refractivity contribution in [2.75, 3.05) is 0 Å². The molecule has 0 aliphatic rings. The van der Waals surface area contributed by atoms with Crippen LogP contribution in [-0.2, 0) is 0 Å². The third-order valence-electron chi connectivity index (χ3n) is 1.18. The van der Waals surface area contributed by atoms with Crippen molar-refractivity contribution in [2.45, 2.75) is 3.79 Å². The van der Waals surface area contributed by atoms with Crippen molar-refractivity contribution in [2.24, 2.45) is 0 Å². The molecule has 66 valence electrons. The number of H-pyrrole nitrogens is 1. The fourth-order valence-corrected chi connectivity index (χ4v) is 1.38. The number of hydrogen-bond donors (Lipinski definition) is 1. The van der Waals surface area contributed by atoms with Gasteiger partial charge in [0.15, 0.2) is 0 Å². The Balaban J connectivity index is 3.01. The van der Waals surface area contributed by atoms with Crippen LogP contribution in [0, 0.1) is 0 Å². The van der Waals surface area contributed by atoms with Crippen LogP contribution in [0.15, 0.2) is 16.7 Å². The lowest BCUT2D eigenvalue weighted by atomic mass is 10.3. The molecule has 0 spiro atoms. The molecule has 0 bridgehead atoms. The van der Waals surface area contributed by atoms with E-state index in [4.69, 9.17) is 34.8 Å². The molecule has 12 heavy (non-hydrogen) atoms. The van der Waals surface area contributed by atoms with Gasteiger partial charge in [0, 0.05) is 10.7 Å². The minimum atomic E-state index is -1.91. The van der Waals surface area contributed by atoms with Crippen LogP contribution in [0.4, 0.5) is 0 Å². The van der Waals surface area contributed by atoms with Gasteiger partial charge in [0.1, 0.15) is 5.69 Å². The van der Waals surface area contributed by atoms with Crippen molar-refractivity contribution in [1.29, 1.82) is 0 Å². The van der Waals surface area contributed by atoms with E-state index in [0.29, 0.717) is 4.47 Å². The van der Waals surface area contributed by atoms with Crippen molar-refractivity contribution in [3.8, 4) is 0 Å². The third-order valence-corrected chi connectivity index (χ3v) is 2.36. The first kappa shape index (κ1) is 10.4. The van der Waals surface area contributed by atoms with Gasteiger partial charge in [-0.1, -0.05) is 34.8 Å². The molecule has 0 aliphatic carbocycles. The molecule has 0 aliphatic heterocycles. The Morgan fingerprint density at radius 2 is 2.08 bits per heavy atom. The zero-order valence-corrected chi connectivity index (χ0v) is 9.43. The Morgan fingerprint density at radius 3 is 2.42 bits per heavy atom. The van der Waals surface area contributed by atoms with E-state index in [-0.39, 0.29) is 5.69 Å². The Bertz CT molecular complexity index is 304. The molecule has 0 atom stereocenters. The lowest BCUT2D eigenvalue weighted by Gasteiger charge is -2.07. The van der Waals surface area contributed by atoms with E-state index in [1.165, 1.54) is 0 Å². The molecule has 0 saturated heterocycles. The number of Topliss-reactive ketones (excluding diaryl/α,β-unsaturated/α-hetero) is 1. The van der Waals surface area contributed by atoms with Crippen molar-refractivity contribution in [3.05, 3.63) is 22.4 Å². The van der Waals surface area contributed by atoms with Crippen LogP contribution in [0.25, 0.3) is 0 Å². The average molecular weight is 291 g/mol. The van der Waals surface area contributed by atoms with E-state index in [0.717, 1.165) is 0 Å².